The Hall–Kier alpha value is -3.61. The summed E-state index contributed by atoms with van der Waals surface area (Å²) >= 11 is 0. The summed E-state index contributed by atoms with van der Waals surface area (Å²) in [7, 11) is 1.60. The van der Waals surface area contributed by atoms with Gasteiger partial charge in [-0.15, -0.1) is 0 Å². The van der Waals surface area contributed by atoms with E-state index in [0.717, 1.165) is 23.3 Å². The number of carbonyl (C=O) groups is 2. The summed E-state index contributed by atoms with van der Waals surface area (Å²) in [4.78, 5) is 46.1. The molecular weight excluding hydrogens is 382 g/mol. The molecule has 0 radical (unpaired) electrons. The molecule has 3 aromatic rings. The van der Waals surface area contributed by atoms with Crippen molar-refractivity contribution in [3.05, 3.63) is 75.1 Å². The van der Waals surface area contributed by atoms with Crippen molar-refractivity contribution in [2.75, 3.05) is 20.2 Å². The molecule has 30 heavy (non-hydrogen) atoms. The lowest BCUT2D eigenvalue weighted by atomic mass is 9.98. The highest BCUT2D eigenvalue weighted by molar-refractivity contribution is 5.98. The van der Waals surface area contributed by atoms with Crippen LogP contribution in [0, 0.1) is 0 Å². The Morgan fingerprint density at radius 2 is 1.90 bits per heavy atom. The lowest BCUT2D eigenvalue weighted by molar-refractivity contribution is -0.155. The Kier molecular flexibility index (Phi) is 3.42. The molecule has 0 saturated carbocycles. The van der Waals surface area contributed by atoms with E-state index in [9.17, 15) is 14.4 Å². The number of benzene rings is 2. The number of H-pyrrole nitrogens is 1. The number of fused-ring (bicyclic) bond motifs is 5. The first-order valence-corrected chi connectivity index (χ1v) is 10.0. The molecule has 2 amide bonds. The van der Waals surface area contributed by atoms with Crippen LogP contribution in [-0.4, -0.2) is 46.8 Å². The summed E-state index contributed by atoms with van der Waals surface area (Å²) in [6.45, 7) is 0.637. The fourth-order valence-electron chi connectivity index (χ4n) is 4.99. The van der Waals surface area contributed by atoms with Crippen molar-refractivity contribution in [3.63, 3.8) is 0 Å². The SMILES string of the molecule is CN1CC(=O)N2C(C1=O)c1c([nH]c3ccccc3c1=O)C2c1ccc2c(c1)CCO2. The Morgan fingerprint density at radius 3 is 2.77 bits per heavy atom. The van der Waals surface area contributed by atoms with Crippen LogP contribution in [0.1, 0.15) is 34.5 Å². The number of ether oxygens (including phenoxy) is 1. The Morgan fingerprint density at radius 1 is 1.07 bits per heavy atom. The predicted octanol–water partition coefficient (Wildman–Crippen LogP) is 1.91. The topological polar surface area (TPSA) is 82.7 Å². The van der Waals surface area contributed by atoms with Crippen molar-refractivity contribution >= 4 is 22.7 Å². The summed E-state index contributed by atoms with van der Waals surface area (Å²) < 4.78 is 5.62. The van der Waals surface area contributed by atoms with E-state index in [1.54, 1.807) is 24.1 Å². The average molecular weight is 401 g/mol. The van der Waals surface area contributed by atoms with Gasteiger partial charge < -0.3 is 19.5 Å². The minimum Gasteiger partial charge on any atom is -0.493 e. The van der Waals surface area contributed by atoms with Crippen LogP contribution in [0.15, 0.2) is 47.3 Å². The molecule has 4 heterocycles. The second-order valence-electron chi connectivity index (χ2n) is 8.09. The van der Waals surface area contributed by atoms with Crippen LogP contribution in [0.3, 0.4) is 0 Å². The smallest absolute Gasteiger partial charge is 0.250 e. The van der Waals surface area contributed by atoms with E-state index in [4.69, 9.17) is 4.74 Å². The van der Waals surface area contributed by atoms with E-state index >= 15 is 0 Å². The maximum Gasteiger partial charge on any atom is 0.250 e. The molecule has 0 aliphatic carbocycles. The highest BCUT2D eigenvalue weighted by Crippen LogP contribution is 2.47. The summed E-state index contributed by atoms with van der Waals surface area (Å²) in [5.41, 5.74) is 3.45. The van der Waals surface area contributed by atoms with E-state index < -0.39 is 12.1 Å². The Labute approximate surface area is 171 Å². The second-order valence-corrected chi connectivity index (χ2v) is 8.09. The van der Waals surface area contributed by atoms with E-state index in [1.807, 2.05) is 30.3 Å². The number of amides is 2. The minimum absolute atomic E-state index is 0.00157. The number of aromatic amines is 1. The second kappa shape index (κ2) is 5.95. The van der Waals surface area contributed by atoms with Gasteiger partial charge in [0.25, 0.3) is 0 Å². The van der Waals surface area contributed by atoms with Gasteiger partial charge in [0.1, 0.15) is 11.8 Å². The van der Waals surface area contributed by atoms with Crippen LogP contribution in [0.5, 0.6) is 5.75 Å². The number of nitrogens with zero attached hydrogens (tertiary/aromatic N) is 2. The molecule has 2 aromatic carbocycles. The number of aromatic nitrogens is 1. The molecule has 1 saturated heterocycles. The largest absolute Gasteiger partial charge is 0.493 e. The third-order valence-corrected chi connectivity index (χ3v) is 6.38. The van der Waals surface area contributed by atoms with Gasteiger partial charge in [-0.25, -0.2) is 0 Å². The molecule has 0 bridgehead atoms. The van der Waals surface area contributed by atoms with Crippen LogP contribution < -0.4 is 10.2 Å². The number of para-hydroxylation sites is 1. The standard InChI is InChI=1S/C23H19N3O4/c1-25-11-17(27)26-20(13-6-7-16-12(10-13)8-9-30-16)19-18(21(26)23(25)29)22(28)14-4-2-3-5-15(14)24-19/h2-7,10,20-21H,8-9,11H2,1H3,(H,24,28). The van der Waals surface area contributed by atoms with Crippen molar-refractivity contribution < 1.29 is 14.3 Å². The van der Waals surface area contributed by atoms with Gasteiger partial charge in [0.05, 0.1) is 30.5 Å². The van der Waals surface area contributed by atoms with Crippen molar-refractivity contribution in [3.8, 4) is 5.75 Å². The quantitative estimate of drug-likeness (QED) is 0.675. The summed E-state index contributed by atoms with van der Waals surface area (Å²) in [6, 6.07) is 11.7. The van der Waals surface area contributed by atoms with Crippen LogP contribution >= 0.6 is 0 Å². The zero-order valence-electron chi connectivity index (χ0n) is 16.3. The van der Waals surface area contributed by atoms with Gasteiger partial charge in [-0.2, -0.15) is 0 Å². The number of pyridine rings is 1. The lowest BCUT2D eigenvalue weighted by Crippen LogP contribution is -2.53. The number of hydrogen-bond donors (Lipinski definition) is 1. The number of piperazine rings is 1. The number of likely N-dealkylation sites (N-methyl/N-ethyl adjacent to an activating group) is 1. The van der Waals surface area contributed by atoms with Gasteiger partial charge >= 0.3 is 0 Å². The molecule has 0 spiro atoms. The molecule has 2 atom stereocenters. The van der Waals surface area contributed by atoms with Crippen molar-refractivity contribution in [1.29, 1.82) is 0 Å². The monoisotopic (exact) mass is 401 g/mol. The average Bonchev–Trinajstić information content (AvgIpc) is 3.34. The fourth-order valence-corrected chi connectivity index (χ4v) is 4.99. The van der Waals surface area contributed by atoms with Crippen LogP contribution in [0.4, 0.5) is 0 Å². The predicted molar refractivity (Wildman–Crippen MR) is 109 cm³/mol. The number of rotatable bonds is 1. The van der Waals surface area contributed by atoms with E-state index in [2.05, 4.69) is 4.98 Å². The summed E-state index contributed by atoms with van der Waals surface area (Å²) in [6.07, 6.45) is 0.802. The highest BCUT2D eigenvalue weighted by Gasteiger charge is 2.51. The molecule has 7 heteroatoms. The maximum atomic E-state index is 13.4. The number of nitrogens with one attached hydrogen (secondary N) is 1. The zero-order chi connectivity index (χ0) is 20.6. The third-order valence-electron chi connectivity index (χ3n) is 6.38. The van der Waals surface area contributed by atoms with Crippen molar-refractivity contribution in [2.45, 2.75) is 18.5 Å². The zero-order valence-corrected chi connectivity index (χ0v) is 16.3. The van der Waals surface area contributed by atoms with Gasteiger partial charge in [0.2, 0.25) is 11.8 Å². The molecule has 150 valence electrons. The first-order valence-electron chi connectivity index (χ1n) is 10.0. The summed E-state index contributed by atoms with van der Waals surface area (Å²) in [5.74, 6) is 0.446. The lowest BCUT2D eigenvalue weighted by Gasteiger charge is -2.37. The van der Waals surface area contributed by atoms with Gasteiger partial charge in [0, 0.05) is 24.4 Å². The number of hydrogen-bond acceptors (Lipinski definition) is 4. The van der Waals surface area contributed by atoms with Gasteiger partial charge in [0.15, 0.2) is 5.43 Å². The Balaban J connectivity index is 1.65. The van der Waals surface area contributed by atoms with Gasteiger partial charge in [-0.3, -0.25) is 14.4 Å². The van der Waals surface area contributed by atoms with E-state index in [1.165, 1.54) is 4.90 Å². The van der Waals surface area contributed by atoms with Crippen molar-refractivity contribution in [2.24, 2.45) is 0 Å². The molecule has 7 nitrogen and oxygen atoms in total. The molecular formula is C23H19N3O4. The van der Waals surface area contributed by atoms with Crippen molar-refractivity contribution in [1.82, 2.24) is 14.8 Å². The minimum atomic E-state index is -0.908. The van der Waals surface area contributed by atoms with Gasteiger partial charge in [-0.05, 0) is 35.4 Å². The fraction of sp³-hybridized carbons (Fsp3) is 0.261. The molecule has 3 aliphatic rings. The molecule has 1 fully saturated rings. The van der Waals surface area contributed by atoms with Crippen LogP contribution in [0.25, 0.3) is 10.9 Å². The molecule has 1 aromatic heterocycles. The number of carbonyl (C=O) groups excluding carboxylic acids is 2. The molecule has 6 rings (SSSR count). The molecule has 2 unspecified atom stereocenters. The third kappa shape index (κ3) is 2.17. The van der Waals surface area contributed by atoms with Gasteiger partial charge in [-0.1, -0.05) is 18.2 Å². The molecule has 3 aliphatic heterocycles. The van der Waals surface area contributed by atoms with Crippen LogP contribution in [-0.2, 0) is 16.0 Å². The highest BCUT2D eigenvalue weighted by atomic mass is 16.5. The van der Waals surface area contributed by atoms with E-state index in [-0.39, 0.29) is 23.8 Å². The molecule has 1 N–H and O–H groups in total. The Bertz CT molecular complexity index is 1310. The normalized spacial score (nSPS) is 22.2. The van der Waals surface area contributed by atoms with E-state index in [0.29, 0.717) is 28.8 Å². The maximum absolute atomic E-state index is 13.4. The first kappa shape index (κ1) is 17.3. The van der Waals surface area contributed by atoms with Crippen LogP contribution in [0.2, 0.25) is 0 Å². The summed E-state index contributed by atoms with van der Waals surface area (Å²) in [5, 5.41) is 0.521. The first-order chi connectivity index (χ1) is 14.5.